The molecule has 0 saturated carbocycles. The molecular weight excluding hydrogens is 242 g/mol. The van der Waals surface area contributed by atoms with E-state index in [1.54, 1.807) is 6.92 Å². The number of ether oxygens (including phenoxy) is 1. The van der Waals surface area contributed by atoms with Gasteiger partial charge in [-0.1, -0.05) is 11.6 Å². The minimum absolute atomic E-state index is 0.00810. The Morgan fingerprint density at radius 1 is 1.50 bits per heavy atom. The molecule has 0 aliphatic rings. The zero-order chi connectivity index (χ0) is 11.7. The van der Waals surface area contributed by atoms with Crippen LogP contribution in [0.25, 0.3) is 5.78 Å². The molecule has 0 bridgehead atoms. The summed E-state index contributed by atoms with van der Waals surface area (Å²) in [7, 11) is 0. The maximum Gasteiger partial charge on any atom is 0.337 e. The fourth-order valence-electron chi connectivity index (χ4n) is 1.13. The second-order valence-corrected chi connectivity index (χ2v) is 3.23. The van der Waals surface area contributed by atoms with Crippen LogP contribution in [0.5, 0.6) is 6.01 Å². The molecule has 0 saturated heterocycles. The van der Waals surface area contributed by atoms with Crippen LogP contribution in [-0.4, -0.2) is 26.2 Å². The van der Waals surface area contributed by atoms with Crippen LogP contribution < -0.4 is 4.74 Å². The lowest BCUT2D eigenvalue weighted by Crippen LogP contribution is -1.98. The predicted octanol–water partition coefficient (Wildman–Crippen LogP) is 2.11. The first-order valence-electron chi connectivity index (χ1n) is 4.46. The van der Waals surface area contributed by atoms with Gasteiger partial charge in [-0.3, -0.25) is 0 Å². The van der Waals surface area contributed by atoms with E-state index in [9.17, 15) is 8.78 Å². The monoisotopic (exact) mass is 248 g/mol. The number of nitrogens with zero attached hydrogens (tertiary/aromatic N) is 4. The van der Waals surface area contributed by atoms with E-state index in [1.165, 1.54) is 0 Å². The smallest absolute Gasteiger partial charge is 0.337 e. The van der Waals surface area contributed by atoms with E-state index >= 15 is 0 Å². The zero-order valence-electron chi connectivity index (χ0n) is 8.19. The number of aromatic nitrogens is 4. The van der Waals surface area contributed by atoms with Crippen LogP contribution >= 0.6 is 11.6 Å². The summed E-state index contributed by atoms with van der Waals surface area (Å²) in [6.07, 6.45) is -2.70. The zero-order valence-corrected chi connectivity index (χ0v) is 8.95. The van der Waals surface area contributed by atoms with Crippen molar-refractivity contribution in [1.29, 1.82) is 0 Å². The average Bonchev–Trinajstić information content (AvgIpc) is 2.61. The van der Waals surface area contributed by atoms with Gasteiger partial charge < -0.3 is 4.74 Å². The third kappa shape index (κ3) is 1.90. The van der Waals surface area contributed by atoms with E-state index in [1.807, 2.05) is 0 Å². The first kappa shape index (κ1) is 11.0. The van der Waals surface area contributed by atoms with E-state index in [-0.39, 0.29) is 16.9 Å². The Labute approximate surface area is 94.0 Å². The van der Waals surface area contributed by atoms with Gasteiger partial charge in [0.25, 0.3) is 12.2 Å². The molecule has 0 spiro atoms. The molecular formula is C8H7ClF2N4O. The maximum absolute atomic E-state index is 12.4. The molecule has 2 aromatic rings. The number of hydrogen-bond donors (Lipinski definition) is 0. The van der Waals surface area contributed by atoms with Crippen LogP contribution in [0.1, 0.15) is 19.0 Å². The second kappa shape index (κ2) is 4.17. The highest BCUT2D eigenvalue weighted by atomic mass is 35.5. The lowest BCUT2D eigenvalue weighted by atomic mass is 10.4. The molecule has 0 unspecified atom stereocenters. The molecule has 0 aromatic carbocycles. The Kier molecular flexibility index (Phi) is 2.86. The van der Waals surface area contributed by atoms with Crippen molar-refractivity contribution in [3.63, 3.8) is 0 Å². The molecule has 2 heterocycles. The molecule has 0 N–H and O–H groups in total. The summed E-state index contributed by atoms with van der Waals surface area (Å²) in [5, 5.41) is 3.86. The predicted molar refractivity (Wildman–Crippen MR) is 51.9 cm³/mol. The third-order valence-corrected chi connectivity index (χ3v) is 2.04. The maximum atomic E-state index is 12.4. The van der Waals surface area contributed by atoms with Gasteiger partial charge in [0, 0.05) is 6.07 Å². The van der Waals surface area contributed by atoms with Crippen LogP contribution in [0, 0.1) is 0 Å². The summed E-state index contributed by atoms with van der Waals surface area (Å²) in [5.74, 6) is -0.00810. The normalized spacial score (nSPS) is 11.3. The van der Waals surface area contributed by atoms with Crippen LogP contribution in [0.3, 0.4) is 0 Å². The summed E-state index contributed by atoms with van der Waals surface area (Å²) < 4.78 is 31.0. The Morgan fingerprint density at radius 3 is 2.88 bits per heavy atom. The molecule has 2 aromatic heterocycles. The van der Waals surface area contributed by atoms with Gasteiger partial charge in [-0.15, -0.1) is 5.10 Å². The Bertz CT molecular complexity index is 516. The van der Waals surface area contributed by atoms with E-state index in [2.05, 4.69) is 15.1 Å². The van der Waals surface area contributed by atoms with Crippen molar-refractivity contribution in [2.75, 3.05) is 6.61 Å². The Morgan fingerprint density at radius 2 is 2.25 bits per heavy atom. The molecule has 2 rings (SSSR count). The van der Waals surface area contributed by atoms with E-state index < -0.39 is 12.1 Å². The van der Waals surface area contributed by atoms with Gasteiger partial charge in [0.2, 0.25) is 0 Å². The Hall–Kier alpha value is -1.50. The van der Waals surface area contributed by atoms with Gasteiger partial charge in [-0.05, 0) is 6.92 Å². The summed E-state index contributed by atoms with van der Waals surface area (Å²) >= 11 is 5.75. The quantitative estimate of drug-likeness (QED) is 0.781. The Balaban J connectivity index is 2.54. The van der Waals surface area contributed by atoms with Crippen molar-refractivity contribution >= 4 is 17.4 Å². The van der Waals surface area contributed by atoms with Crippen molar-refractivity contribution < 1.29 is 13.5 Å². The fourth-order valence-corrected chi connectivity index (χ4v) is 1.36. The van der Waals surface area contributed by atoms with Crippen LogP contribution in [0.15, 0.2) is 6.07 Å². The van der Waals surface area contributed by atoms with Crippen molar-refractivity contribution in [2.45, 2.75) is 13.3 Å². The lowest BCUT2D eigenvalue weighted by molar-refractivity contribution is 0.146. The lowest BCUT2D eigenvalue weighted by Gasteiger charge is -1.99. The number of rotatable bonds is 3. The molecule has 0 amide bonds. The number of fused-ring (bicyclic) bond motifs is 1. The van der Waals surface area contributed by atoms with Crippen molar-refractivity contribution in [3.05, 3.63) is 16.9 Å². The SMILES string of the molecule is CCOc1nc2nc(C(F)F)cc(Cl)n2n1. The first-order valence-corrected chi connectivity index (χ1v) is 4.83. The largest absolute Gasteiger partial charge is 0.463 e. The minimum atomic E-state index is -2.70. The van der Waals surface area contributed by atoms with E-state index in [0.29, 0.717) is 6.61 Å². The van der Waals surface area contributed by atoms with Crippen molar-refractivity contribution in [3.8, 4) is 6.01 Å². The fraction of sp³-hybridized carbons (Fsp3) is 0.375. The van der Waals surface area contributed by atoms with E-state index in [4.69, 9.17) is 16.3 Å². The third-order valence-electron chi connectivity index (χ3n) is 1.77. The summed E-state index contributed by atoms with van der Waals surface area (Å²) in [6.45, 7) is 2.13. The molecule has 0 fully saturated rings. The number of hydrogen-bond acceptors (Lipinski definition) is 4. The van der Waals surface area contributed by atoms with Gasteiger partial charge in [-0.2, -0.15) is 9.50 Å². The van der Waals surface area contributed by atoms with Gasteiger partial charge in [-0.25, -0.2) is 13.8 Å². The summed E-state index contributed by atoms with van der Waals surface area (Å²) in [5.41, 5.74) is -0.437. The highest BCUT2D eigenvalue weighted by molar-refractivity contribution is 6.29. The first-order chi connectivity index (χ1) is 7.61. The van der Waals surface area contributed by atoms with Gasteiger partial charge in [0.1, 0.15) is 10.8 Å². The van der Waals surface area contributed by atoms with E-state index in [0.717, 1.165) is 10.6 Å². The molecule has 16 heavy (non-hydrogen) atoms. The summed E-state index contributed by atoms with van der Waals surface area (Å²) in [4.78, 5) is 7.42. The van der Waals surface area contributed by atoms with Gasteiger partial charge >= 0.3 is 6.01 Å². The molecule has 0 aliphatic heterocycles. The molecule has 0 atom stereocenters. The molecule has 0 aliphatic carbocycles. The van der Waals surface area contributed by atoms with Gasteiger partial charge in [0.15, 0.2) is 0 Å². The van der Waals surface area contributed by atoms with Crippen LogP contribution in [0.2, 0.25) is 5.15 Å². The standard InChI is InChI=1S/C8H7ClF2N4O/c1-2-16-8-13-7-12-4(6(10)11)3-5(9)15(7)14-8/h3,6H,2H2,1H3. The minimum Gasteiger partial charge on any atom is -0.463 e. The van der Waals surface area contributed by atoms with Crippen LogP contribution in [-0.2, 0) is 0 Å². The van der Waals surface area contributed by atoms with Crippen molar-refractivity contribution in [1.82, 2.24) is 19.6 Å². The highest BCUT2D eigenvalue weighted by Gasteiger charge is 2.15. The number of halogens is 3. The second-order valence-electron chi connectivity index (χ2n) is 2.84. The molecule has 5 nitrogen and oxygen atoms in total. The number of alkyl halides is 2. The summed E-state index contributed by atoms with van der Waals surface area (Å²) in [6, 6.07) is 1.10. The molecule has 0 radical (unpaired) electrons. The van der Waals surface area contributed by atoms with Gasteiger partial charge in [0.05, 0.1) is 6.61 Å². The molecule has 8 heteroatoms. The highest BCUT2D eigenvalue weighted by Crippen LogP contribution is 2.21. The average molecular weight is 249 g/mol. The van der Waals surface area contributed by atoms with Crippen molar-refractivity contribution in [2.24, 2.45) is 0 Å². The molecule has 86 valence electrons. The topological polar surface area (TPSA) is 52.3 Å². The van der Waals surface area contributed by atoms with Crippen LogP contribution in [0.4, 0.5) is 8.78 Å².